The maximum atomic E-state index is 10.5. The Morgan fingerprint density at radius 1 is 1.73 bits per heavy atom. The summed E-state index contributed by atoms with van der Waals surface area (Å²) >= 11 is 0. The topological polar surface area (TPSA) is 52.3 Å². The summed E-state index contributed by atoms with van der Waals surface area (Å²) in [6.07, 6.45) is 0. The fourth-order valence-electron chi connectivity index (χ4n) is 0.677. The number of carbonyl (C=O) groups is 1. The second-order valence-corrected chi connectivity index (χ2v) is 2.06. The standard InChI is InChI=1S/C8H8NO2/c1-6(10)11-8-5-3-2-4-7(8)9/h3-5H,9H2,1H3. The van der Waals surface area contributed by atoms with Crippen molar-refractivity contribution >= 4 is 11.7 Å². The Bertz CT molecular complexity index is 271. The van der Waals surface area contributed by atoms with E-state index in [1.54, 1.807) is 18.2 Å². The van der Waals surface area contributed by atoms with Gasteiger partial charge in [-0.2, -0.15) is 0 Å². The molecular weight excluding hydrogens is 142 g/mol. The van der Waals surface area contributed by atoms with Gasteiger partial charge in [-0.1, -0.05) is 6.07 Å². The lowest BCUT2D eigenvalue weighted by molar-refractivity contribution is -0.131. The molecule has 0 aliphatic rings. The number of nitrogen functional groups attached to an aromatic ring is 1. The number of anilines is 1. The normalized spacial score (nSPS) is 9.18. The summed E-state index contributed by atoms with van der Waals surface area (Å²) in [6.45, 7) is 1.33. The molecule has 11 heavy (non-hydrogen) atoms. The van der Waals surface area contributed by atoms with Gasteiger partial charge < -0.3 is 10.5 Å². The van der Waals surface area contributed by atoms with Crippen molar-refractivity contribution in [3.63, 3.8) is 0 Å². The van der Waals surface area contributed by atoms with Crippen LogP contribution < -0.4 is 10.5 Å². The first kappa shape index (κ1) is 7.60. The molecule has 0 bridgehead atoms. The first-order valence-electron chi connectivity index (χ1n) is 3.14. The fourth-order valence-corrected chi connectivity index (χ4v) is 0.677. The molecule has 0 fully saturated rings. The molecule has 0 saturated carbocycles. The number of rotatable bonds is 1. The first-order valence-corrected chi connectivity index (χ1v) is 3.14. The summed E-state index contributed by atoms with van der Waals surface area (Å²) in [5, 5.41) is 0. The van der Waals surface area contributed by atoms with Crippen LogP contribution >= 0.6 is 0 Å². The van der Waals surface area contributed by atoms with E-state index in [2.05, 4.69) is 6.07 Å². The molecule has 0 aliphatic heterocycles. The molecule has 0 aliphatic carbocycles. The summed E-state index contributed by atoms with van der Waals surface area (Å²) < 4.78 is 4.76. The Kier molecular flexibility index (Phi) is 2.11. The van der Waals surface area contributed by atoms with Crippen LogP contribution in [0.3, 0.4) is 0 Å². The molecule has 0 heterocycles. The Morgan fingerprint density at radius 3 is 3.00 bits per heavy atom. The quantitative estimate of drug-likeness (QED) is 0.369. The van der Waals surface area contributed by atoms with Crippen LogP contribution in [0.4, 0.5) is 5.69 Å². The first-order chi connectivity index (χ1) is 5.20. The number of esters is 1. The number of hydrogen-bond acceptors (Lipinski definition) is 3. The highest BCUT2D eigenvalue weighted by Gasteiger charge is 1.99. The fraction of sp³-hybridized carbons (Fsp3) is 0.125. The third kappa shape index (κ3) is 1.97. The van der Waals surface area contributed by atoms with E-state index in [4.69, 9.17) is 10.5 Å². The van der Waals surface area contributed by atoms with E-state index in [0.29, 0.717) is 11.4 Å². The lowest BCUT2D eigenvalue weighted by Gasteiger charge is -2.02. The van der Waals surface area contributed by atoms with Gasteiger partial charge in [-0.15, -0.1) is 0 Å². The van der Waals surface area contributed by atoms with Crippen LogP contribution in [-0.2, 0) is 4.79 Å². The minimum atomic E-state index is -0.372. The van der Waals surface area contributed by atoms with Crippen molar-refractivity contribution in [1.29, 1.82) is 0 Å². The van der Waals surface area contributed by atoms with E-state index in [-0.39, 0.29) is 5.97 Å². The largest absolute Gasteiger partial charge is 0.425 e. The molecule has 1 radical (unpaired) electrons. The molecule has 57 valence electrons. The van der Waals surface area contributed by atoms with Crippen molar-refractivity contribution in [2.45, 2.75) is 6.92 Å². The zero-order chi connectivity index (χ0) is 8.27. The van der Waals surface area contributed by atoms with Gasteiger partial charge in [0.15, 0.2) is 5.75 Å². The van der Waals surface area contributed by atoms with E-state index in [9.17, 15) is 4.79 Å². The van der Waals surface area contributed by atoms with Gasteiger partial charge in [0, 0.05) is 6.92 Å². The Labute approximate surface area is 64.8 Å². The van der Waals surface area contributed by atoms with Gasteiger partial charge in [-0.3, -0.25) is 4.79 Å². The average molecular weight is 150 g/mol. The lowest BCUT2D eigenvalue weighted by Crippen LogP contribution is -2.03. The summed E-state index contributed by atoms with van der Waals surface area (Å²) in [4.78, 5) is 10.5. The second kappa shape index (κ2) is 3.05. The molecule has 1 rings (SSSR count). The molecule has 3 heteroatoms. The molecule has 0 saturated heterocycles. The zero-order valence-corrected chi connectivity index (χ0v) is 6.13. The highest BCUT2D eigenvalue weighted by molar-refractivity contribution is 5.71. The minimum Gasteiger partial charge on any atom is -0.425 e. The van der Waals surface area contributed by atoms with E-state index in [1.807, 2.05) is 0 Å². The highest BCUT2D eigenvalue weighted by atomic mass is 16.5. The molecule has 1 aromatic carbocycles. The van der Waals surface area contributed by atoms with Crippen LogP contribution in [0.15, 0.2) is 18.2 Å². The molecule has 2 N–H and O–H groups in total. The Morgan fingerprint density at radius 2 is 2.45 bits per heavy atom. The van der Waals surface area contributed by atoms with Crippen molar-refractivity contribution in [2.24, 2.45) is 0 Å². The van der Waals surface area contributed by atoms with E-state index >= 15 is 0 Å². The summed E-state index contributed by atoms with van der Waals surface area (Å²) in [6, 6.07) is 7.54. The van der Waals surface area contributed by atoms with Gasteiger partial charge in [0.2, 0.25) is 0 Å². The molecule has 0 spiro atoms. The molecule has 3 nitrogen and oxygen atoms in total. The highest BCUT2D eigenvalue weighted by Crippen LogP contribution is 2.19. The van der Waals surface area contributed by atoms with Gasteiger partial charge in [-0.25, -0.2) is 0 Å². The van der Waals surface area contributed by atoms with E-state index < -0.39 is 0 Å². The summed E-state index contributed by atoms with van der Waals surface area (Å²) in [5.41, 5.74) is 5.88. The monoisotopic (exact) mass is 150 g/mol. The van der Waals surface area contributed by atoms with Gasteiger partial charge in [-0.05, 0) is 18.2 Å². The van der Waals surface area contributed by atoms with Crippen molar-refractivity contribution in [1.82, 2.24) is 0 Å². The summed E-state index contributed by atoms with van der Waals surface area (Å²) in [7, 11) is 0. The van der Waals surface area contributed by atoms with Crippen LogP contribution in [0.5, 0.6) is 5.75 Å². The van der Waals surface area contributed by atoms with Crippen LogP contribution in [0.25, 0.3) is 0 Å². The second-order valence-electron chi connectivity index (χ2n) is 2.06. The number of hydrogen-bond donors (Lipinski definition) is 1. The third-order valence-electron chi connectivity index (χ3n) is 1.11. The Balaban J connectivity index is 2.86. The van der Waals surface area contributed by atoms with E-state index in [0.717, 1.165) is 0 Å². The molecule has 0 atom stereocenters. The SMILES string of the molecule is CC(=O)Oc1cc[c]cc1N. The number of ether oxygens (including phenoxy) is 1. The van der Waals surface area contributed by atoms with Crippen molar-refractivity contribution in [3.05, 3.63) is 24.3 Å². The van der Waals surface area contributed by atoms with Crippen LogP contribution in [0.1, 0.15) is 6.92 Å². The smallest absolute Gasteiger partial charge is 0.308 e. The van der Waals surface area contributed by atoms with Crippen LogP contribution in [0, 0.1) is 6.07 Å². The van der Waals surface area contributed by atoms with Gasteiger partial charge in [0.1, 0.15) is 0 Å². The lowest BCUT2D eigenvalue weighted by atomic mass is 10.3. The predicted octanol–water partition coefficient (Wildman–Crippen LogP) is 0.994. The molecule has 0 unspecified atom stereocenters. The molecule has 0 amide bonds. The number of carbonyl (C=O) groups excluding carboxylic acids is 1. The molecule has 0 aromatic heterocycles. The van der Waals surface area contributed by atoms with Gasteiger partial charge in [0.05, 0.1) is 5.69 Å². The molecule has 1 aromatic rings. The van der Waals surface area contributed by atoms with Crippen molar-refractivity contribution in [3.8, 4) is 5.75 Å². The van der Waals surface area contributed by atoms with Crippen LogP contribution in [0.2, 0.25) is 0 Å². The average Bonchev–Trinajstić information content (AvgIpc) is 1.93. The molecular formula is C8H8NO2. The van der Waals surface area contributed by atoms with Crippen molar-refractivity contribution in [2.75, 3.05) is 5.73 Å². The maximum Gasteiger partial charge on any atom is 0.308 e. The zero-order valence-electron chi connectivity index (χ0n) is 6.13. The Hall–Kier alpha value is -1.51. The van der Waals surface area contributed by atoms with Crippen LogP contribution in [-0.4, -0.2) is 5.97 Å². The third-order valence-corrected chi connectivity index (χ3v) is 1.11. The van der Waals surface area contributed by atoms with Crippen molar-refractivity contribution < 1.29 is 9.53 Å². The maximum absolute atomic E-state index is 10.5. The van der Waals surface area contributed by atoms with Gasteiger partial charge >= 0.3 is 5.97 Å². The van der Waals surface area contributed by atoms with Gasteiger partial charge in [0.25, 0.3) is 0 Å². The summed E-state index contributed by atoms with van der Waals surface area (Å²) in [5.74, 6) is 0.0131. The number of benzene rings is 1. The predicted molar refractivity (Wildman–Crippen MR) is 41.0 cm³/mol. The van der Waals surface area contributed by atoms with E-state index in [1.165, 1.54) is 6.92 Å². The number of nitrogens with two attached hydrogens (primary N) is 1. The minimum absolute atomic E-state index is 0.372.